The molecule has 0 unspecified atom stereocenters. The standard InChI is InChI=1S/C22H24BrFN2O/c23-20-7-3-1-6-17(20)18-13-25-14-19(18)22(27)26-11-9-15(10-12-26)16-5-2-4-8-21(16)24/h1-8,15,18-19,25H,9-14H2/t18-,19+/m0/s1. The van der Waals surface area contributed by atoms with Crippen LogP contribution >= 0.6 is 15.9 Å². The first-order valence-electron chi connectivity index (χ1n) is 9.63. The third-order valence-corrected chi connectivity index (χ3v) is 6.71. The lowest BCUT2D eigenvalue weighted by Crippen LogP contribution is -2.43. The number of hydrogen-bond acceptors (Lipinski definition) is 2. The molecule has 2 atom stereocenters. The van der Waals surface area contributed by atoms with Gasteiger partial charge in [0.25, 0.3) is 0 Å². The molecule has 2 heterocycles. The lowest BCUT2D eigenvalue weighted by molar-refractivity contribution is -0.136. The molecule has 2 aliphatic rings. The van der Waals surface area contributed by atoms with Crippen LogP contribution in [0.25, 0.3) is 0 Å². The quantitative estimate of drug-likeness (QED) is 0.786. The highest BCUT2D eigenvalue weighted by Gasteiger charge is 2.38. The minimum absolute atomic E-state index is 0.0336. The van der Waals surface area contributed by atoms with Crippen molar-refractivity contribution in [2.24, 2.45) is 5.92 Å². The van der Waals surface area contributed by atoms with Gasteiger partial charge in [0.2, 0.25) is 5.91 Å². The van der Waals surface area contributed by atoms with Gasteiger partial charge in [-0.1, -0.05) is 52.3 Å². The van der Waals surface area contributed by atoms with Crippen LogP contribution in [0.4, 0.5) is 4.39 Å². The summed E-state index contributed by atoms with van der Waals surface area (Å²) in [5.74, 6) is 0.464. The van der Waals surface area contributed by atoms with Crippen molar-refractivity contribution in [2.45, 2.75) is 24.7 Å². The molecule has 4 rings (SSSR count). The second-order valence-electron chi connectivity index (χ2n) is 7.51. The van der Waals surface area contributed by atoms with Crippen molar-refractivity contribution in [1.82, 2.24) is 10.2 Å². The van der Waals surface area contributed by atoms with E-state index in [1.807, 2.05) is 35.2 Å². The van der Waals surface area contributed by atoms with Gasteiger partial charge in [0.1, 0.15) is 5.82 Å². The van der Waals surface area contributed by atoms with Crippen LogP contribution in [-0.2, 0) is 4.79 Å². The number of halogens is 2. The summed E-state index contributed by atoms with van der Waals surface area (Å²) in [5, 5.41) is 3.39. The highest BCUT2D eigenvalue weighted by molar-refractivity contribution is 9.10. The van der Waals surface area contributed by atoms with Crippen molar-refractivity contribution >= 4 is 21.8 Å². The Morgan fingerprint density at radius 3 is 2.37 bits per heavy atom. The maximum absolute atomic E-state index is 14.1. The fourth-order valence-electron chi connectivity index (χ4n) is 4.49. The van der Waals surface area contributed by atoms with Crippen LogP contribution in [0.5, 0.6) is 0 Å². The van der Waals surface area contributed by atoms with Gasteiger partial charge < -0.3 is 10.2 Å². The van der Waals surface area contributed by atoms with E-state index in [1.54, 1.807) is 6.07 Å². The molecule has 27 heavy (non-hydrogen) atoms. The molecule has 2 aromatic rings. The van der Waals surface area contributed by atoms with Crippen molar-refractivity contribution in [3.05, 3.63) is 69.9 Å². The smallest absolute Gasteiger partial charge is 0.227 e. The Labute approximate surface area is 168 Å². The highest BCUT2D eigenvalue weighted by atomic mass is 79.9. The van der Waals surface area contributed by atoms with Gasteiger partial charge in [-0.2, -0.15) is 0 Å². The predicted molar refractivity (Wildman–Crippen MR) is 108 cm³/mol. The number of piperidine rings is 1. The maximum Gasteiger partial charge on any atom is 0.227 e. The summed E-state index contributed by atoms with van der Waals surface area (Å²) in [4.78, 5) is 15.2. The molecule has 1 N–H and O–H groups in total. The number of nitrogens with zero attached hydrogens (tertiary/aromatic N) is 1. The Bertz CT molecular complexity index is 819. The first-order chi connectivity index (χ1) is 13.1. The van der Waals surface area contributed by atoms with E-state index in [1.165, 1.54) is 11.6 Å². The van der Waals surface area contributed by atoms with E-state index in [9.17, 15) is 9.18 Å². The molecule has 0 radical (unpaired) electrons. The fraction of sp³-hybridized carbons (Fsp3) is 0.409. The van der Waals surface area contributed by atoms with Gasteiger partial charge in [0.05, 0.1) is 5.92 Å². The predicted octanol–water partition coefficient (Wildman–Crippen LogP) is 4.30. The lowest BCUT2D eigenvalue weighted by Gasteiger charge is -2.35. The van der Waals surface area contributed by atoms with Gasteiger partial charge in [-0.25, -0.2) is 4.39 Å². The zero-order valence-electron chi connectivity index (χ0n) is 15.2. The SMILES string of the molecule is O=C([C@@H]1CNC[C@H]1c1ccccc1Br)N1CCC(c2ccccc2F)CC1. The van der Waals surface area contributed by atoms with E-state index in [-0.39, 0.29) is 29.5 Å². The van der Waals surface area contributed by atoms with E-state index in [0.29, 0.717) is 13.1 Å². The molecule has 142 valence electrons. The first-order valence-corrected chi connectivity index (χ1v) is 10.4. The van der Waals surface area contributed by atoms with E-state index >= 15 is 0 Å². The Morgan fingerprint density at radius 2 is 1.67 bits per heavy atom. The number of hydrogen-bond donors (Lipinski definition) is 1. The number of carbonyl (C=O) groups is 1. The molecule has 3 nitrogen and oxygen atoms in total. The molecule has 1 amide bonds. The molecule has 2 saturated heterocycles. The molecule has 0 aliphatic carbocycles. The summed E-state index contributed by atoms with van der Waals surface area (Å²) in [6.07, 6.45) is 1.65. The second-order valence-corrected chi connectivity index (χ2v) is 8.37. The van der Waals surface area contributed by atoms with Gasteiger partial charge >= 0.3 is 0 Å². The fourth-order valence-corrected chi connectivity index (χ4v) is 5.07. The number of nitrogens with one attached hydrogen (secondary N) is 1. The van der Waals surface area contributed by atoms with Gasteiger partial charge in [-0.3, -0.25) is 4.79 Å². The van der Waals surface area contributed by atoms with Crippen molar-refractivity contribution in [1.29, 1.82) is 0 Å². The van der Waals surface area contributed by atoms with E-state index in [4.69, 9.17) is 0 Å². The van der Waals surface area contributed by atoms with Crippen LogP contribution in [0.15, 0.2) is 53.0 Å². The van der Waals surface area contributed by atoms with Crippen LogP contribution in [-0.4, -0.2) is 37.0 Å². The van der Waals surface area contributed by atoms with E-state index in [0.717, 1.165) is 36.0 Å². The monoisotopic (exact) mass is 430 g/mol. The Balaban J connectivity index is 1.43. The summed E-state index contributed by atoms with van der Waals surface area (Å²) in [6, 6.07) is 15.2. The molecule has 2 aliphatic heterocycles. The Kier molecular flexibility index (Phi) is 5.60. The average molecular weight is 431 g/mol. The van der Waals surface area contributed by atoms with Crippen LogP contribution in [0, 0.1) is 11.7 Å². The third kappa shape index (κ3) is 3.81. The van der Waals surface area contributed by atoms with Crippen molar-refractivity contribution in [3.8, 4) is 0 Å². The third-order valence-electron chi connectivity index (χ3n) is 5.99. The van der Waals surface area contributed by atoms with Crippen LogP contribution in [0.1, 0.15) is 35.8 Å². The summed E-state index contributed by atoms with van der Waals surface area (Å²) in [6.45, 7) is 2.96. The van der Waals surface area contributed by atoms with E-state index in [2.05, 4.69) is 27.3 Å². The number of likely N-dealkylation sites (tertiary alicyclic amines) is 1. The number of amides is 1. The molecule has 0 saturated carbocycles. The number of rotatable bonds is 3. The van der Waals surface area contributed by atoms with E-state index < -0.39 is 0 Å². The average Bonchev–Trinajstić information content (AvgIpc) is 3.18. The number of benzene rings is 2. The highest BCUT2D eigenvalue weighted by Crippen LogP contribution is 2.36. The zero-order valence-corrected chi connectivity index (χ0v) is 16.8. The van der Waals surface area contributed by atoms with Crippen molar-refractivity contribution < 1.29 is 9.18 Å². The van der Waals surface area contributed by atoms with Gasteiger partial charge in [-0.15, -0.1) is 0 Å². The molecular weight excluding hydrogens is 407 g/mol. The summed E-state index contributed by atoms with van der Waals surface area (Å²) in [7, 11) is 0. The van der Waals surface area contributed by atoms with Gasteiger partial charge in [-0.05, 0) is 42.0 Å². The lowest BCUT2D eigenvalue weighted by atomic mass is 9.85. The molecular formula is C22H24BrFN2O. The Hall–Kier alpha value is -1.72. The minimum atomic E-state index is -0.128. The molecule has 0 spiro atoms. The normalized spacial score (nSPS) is 23.6. The van der Waals surface area contributed by atoms with Crippen molar-refractivity contribution in [2.75, 3.05) is 26.2 Å². The van der Waals surface area contributed by atoms with Gasteiger partial charge in [0.15, 0.2) is 0 Å². The molecule has 2 fully saturated rings. The Morgan fingerprint density at radius 1 is 1.00 bits per heavy atom. The first kappa shape index (κ1) is 18.6. The summed E-state index contributed by atoms with van der Waals surface area (Å²) >= 11 is 3.63. The zero-order chi connectivity index (χ0) is 18.8. The molecule has 0 aromatic heterocycles. The minimum Gasteiger partial charge on any atom is -0.342 e. The van der Waals surface area contributed by atoms with Crippen molar-refractivity contribution in [3.63, 3.8) is 0 Å². The summed E-state index contributed by atoms with van der Waals surface area (Å²) < 4.78 is 15.1. The van der Waals surface area contributed by atoms with Gasteiger partial charge in [0, 0.05) is 36.6 Å². The van der Waals surface area contributed by atoms with Crippen LogP contribution in [0.3, 0.4) is 0 Å². The molecule has 5 heteroatoms. The van der Waals surface area contributed by atoms with Crippen LogP contribution < -0.4 is 5.32 Å². The molecule has 2 aromatic carbocycles. The second kappa shape index (κ2) is 8.11. The van der Waals surface area contributed by atoms with Crippen LogP contribution in [0.2, 0.25) is 0 Å². The molecule has 0 bridgehead atoms. The summed E-state index contributed by atoms with van der Waals surface area (Å²) in [5.41, 5.74) is 1.99. The maximum atomic E-state index is 14.1. The number of carbonyl (C=O) groups excluding carboxylic acids is 1. The topological polar surface area (TPSA) is 32.3 Å². The largest absolute Gasteiger partial charge is 0.342 e.